The van der Waals surface area contributed by atoms with Crippen molar-refractivity contribution in [2.75, 3.05) is 18.8 Å². The van der Waals surface area contributed by atoms with E-state index in [2.05, 4.69) is 5.32 Å². The van der Waals surface area contributed by atoms with Crippen molar-refractivity contribution < 1.29 is 14.4 Å². The minimum Gasteiger partial charge on any atom is -0.398 e. The number of anilines is 1. The maximum atomic E-state index is 12.4. The summed E-state index contributed by atoms with van der Waals surface area (Å²) in [6, 6.07) is 4.68. The summed E-state index contributed by atoms with van der Waals surface area (Å²) in [5, 5.41) is 3.08. The number of benzene rings is 1. The van der Waals surface area contributed by atoms with Crippen molar-refractivity contribution >= 4 is 23.4 Å². The molecule has 2 heterocycles. The van der Waals surface area contributed by atoms with Gasteiger partial charge >= 0.3 is 0 Å². The van der Waals surface area contributed by atoms with Crippen LogP contribution in [0.5, 0.6) is 0 Å². The van der Waals surface area contributed by atoms with E-state index in [9.17, 15) is 14.4 Å². The van der Waals surface area contributed by atoms with E-state index in [0.717, 1.165) is 18.0 Å². The fraction of sp³-hybridized carbons (Fsp3) is 0.357. The van der Waals surface area contributed by atoms with E-state index in [1.165, 1.54) is 6.07 Å². The van der Waals surface area contributed by atoms with Gasteiger partial charge < -0.3 is 11.1 Å². The van der Waals surface area contributed by atoms with E-state index in [0.29, 0.717) is 0 Å². The molecule has 1 aromatic rings. The highest BCUT2D eigenvalue weighted by molar-refractivity contribution is 6.30. The Morgan fingerprint density at radius 1 is 1.35 bits per heavy atom. The lowest BCUT2D eigenvalue weighted by Gasteiger charge is -2.32. The van der Waals surface area contributed by atoms with E-state index in [1.54, 1.807) is 19.1 Å². The van der Waals surface area contributed by atoms with Gasteiger partial charge in [0.1, 0.15) is 0 Å². The van der Waals surface area contributed by atoms with E-state index < -0.39 is 17.7 Å². The molecular formula is C14H15N3O3. The first-order valence-corrected chi connectivity index (χ1v) is 6.54. The third-order valence-corrected chi connectivity index (χ3v) is 4.08. The van der Waals surface area contributed by atoms with Crippen LogP contribution in [-0.4, -0.2) is 35.7 Å². The van der Waals surface area contributed by atoms with E-state index in [-0.39, 0.29) is 28.7 Å². The molecule has 1 unspecified atom stereocenters. The molecule has 6 nitrogen and oxygen atoms in total. The van der Waals surface area contributed by atoms with Crippen LogP contribution in [0.1, 0.15) is 27.6 Å². The standard InChI is InChI=1S/C14H15N3O3/c1-7(8-5-16-6-8)12(18)17-13(19)9-3-2-4-10(15)11(9)14(17)20/h2-4,7-8,16H,5-6,15H2,1H3. The highest BCUT2D eigenvalue weighted by Crippen LogP contribution is 2.30. The molecule has 0 saturated carbocycles. The average Bonchev–Trinajstić information content (AvgIpc) is 2.60. The van der Waals surface area contributed by atoms with Crippen LogP contribution >= 0.6 is 0 Å². The number of fused-ring (bicyclic) bond motifs is 1. The number of carbonyl (C=O) groups excluding carboxylic acids is 3. The number of rotatable bonds is 2. The molecule has 0 radical (unpaired) electrons. The van der Waals surface area contributed by atoms with Crippen LogP contribution in [0.25, 0.3) is 0 Å². The van der Waals surface area contributed by atoms with Gasteiger partial charge in [0, 0.05) is 11.6 Å². The Morgan fingerprint density at radius 2 is 2.05 bits per heavy atom. The van der Waals surface area contributed by atoms with Crippen LogP contribution in [0.3, 0.4) is 0 Å². The molecule has 1 fully saturated rings. The van der Waals surface area contributed by atoms with Gasteiger partial charge in [0.25, 0.3) is 11.8 Å². The molecule has 1 aromatic carbocycles. The topological polar surface area (TPSA) is 92.5 Å². The predicted molar refractivity (Wildman–Crippen MR) is 71.9 cm³/mol. The quantitative estimate of drug-likeness (QED) is 0.595. The van der Waals surface area contributed by atoms with Crippen molar-refractivity contribution in [3.05, 3.63) is 29.3 Å². The smallest absolute Gasteiger partial charge is 0.270 e. The lowest BCUT2D eigenvalue weighted by Crippen LogP contribution is -2.51. The van der Waals surface area contributed by atoms with Crippen molar-refractivity contribution in [3.8, 4) is 0 Å². The Hall–Kier alpha value is -2.21. The molecule has 3 N–H and O–H groups in total. The van der Waals surface area contributed by atoms with Crippen molar-refractivity contribution in [3.63, 3.8) is 0 Å². The summed E-state index contributed by atoms with van der Waals surface area (Å²) in [7, 11) is 0. The summed E-state index contributed by atoms with van der Waals surface area (Å²) in [5.41, 5.74) is 6.32. The highest BCUT2D eigenvalue weighted by Gasteiger charge is 2.44. The molecule has 104 valence electrons. The molecule has 1 atom stereocenters. The van der Waals surface area contributed by atoms with Crippen molar-refractivity contribution in [1.29, 1.82) is 0 Å². The predicted octanol–water partition coefficient (Wildman–Crippen LogP) is 0.247. The van der Waals surface area contributed by atoms with Crippen molar-refractivity contribution in [2.24, 2.45) is 11.8 Å². The molecule has 2 aliphatic heterocycles. The Morgan fingerprint density at radius 3 is 2.60 bits per heavy atom. The number of amides is 3. The van der Waals surface area contributed by atoms with Crippen LogP contribution in [-0.2, 0) is 4.79 Å². The number of carbonyl (C=O) groups is 3. The summed E-state index contributed by atoms with van der Waals surface area (Å²) in [5.74, 6) is -1.81. The number of imide groups is 3. The second kappa shape index (κ2) is 4.42. The van der Waals surface area contributed by atoms with Gasteiger partial charge in [0.2, 0.25) is 5.91 Å². The highest BCUT2D eigenvalue weighted by atomic mass is 16.2. The summed E-state index contributed by atoms with van der Waals surface area (Å²) >= 11 is 0. The first kappa shape index (κ1) is 12.8. The molecule has 1 saturated heterocycles. The van der Waals surface area contributed by atoms with Crippen LogP contribution < -0.4 is 11.1 Å². The molecule has 0 aromatic heterocycles. The minimum atomic E-state index is -0.604. The number of nitrogens with two attached hydrogens (primary N) is 1. The number of hydrogen-bond acceptors (Lipinski definition) is 5. The lowest BCUT2D eigenvalue weighted by atomic mass is 9.88. The summed E-state index contributed by atoms with van der Waals surface area (Å²) in [6.45, 7) is 3.22. The van der Waals surface area contributed by atoms with Gasteiger partial charge in [-0.25, -0.2) is 4.90 Å². The molecule has 0 aliphatic carbocycles. The fourth-order valence-corrected chi connectivity index (χ4v) is 2.58. The molecule has 0 spiro atoms. The zero-order valence-corrected chi connectivity index (χ0v) is 11.1. The van der Waals surface area contributed by atoms with Crippen molar-refractivity contribution in [2.45, 2.75) is 6.92 Å². The summed E-state index contributed by atoms with van der Waals surface area (Å²) in [4.78, 5) is 37.7. The Balaban J connectivity index is 1.93. The van der Waals surface area contributed by atoms with Crippen LogP contribution in [0.15, 0.2) is 18.2 Å². The zero-order chi connectivity index (χ0) is 14.4. The van der Waals surface area contributed by atoms with E-state index >= 15 is 0 Å². The van der Waals surface area contributed by atoms with Gasteiger partial charge in [-0.15, -0.1) is 0 Å². The van der Waals surface area contributed by atoms with Gasteiger partial charge in [-0.3, -0.25) is 14.4 Å². The average molecular weight is 273 g/mol. The monoisotopic (exact) mass is 273 g/mol. The van der Waals surface area contributed by atoms with Gasteiger partial charge in [-0.2, -0.15) is 0 Å². The van der Waals surface area contributed by atoms with Crippen LogP contribution in [0.2, 0.25) is 0 Å². The minimum absolute atomic E-state index is 0.143. The van der Waals surface area contributed by atoms with Gasteiger partial charge in [-0.1, -0.05) is 13.0 Å². The van der Waals surface area contributed by atoms with E-state index in [1.807, 2.05) is 0 Å². The molecule has 3 amide bonds. The maximum absolute atomic E-state index is 12.4. The van der Waals surface area contributed by atoms with Gasteiger partial charge in [-0.05, 0) is 31.1 Å². The molecule has 6 heteroatoms. The molecule has 20 heavy (non-hydrogen) atoms. The third kappa shape index (κ3) is 1.65. The Bertz CT molecular complexity index is 622. The second-order valence-corrected chi connectivity index (χ2v) is 5.26. The lowest BCUT2D eigenvalue weighted by molar-refractivity contribution is -0.132. The largest absolute Gasteiger partial charge is 0.398 e. The van der Waals surface area contributed by atoms with E-state index in [4.69, 9.17) is 5.73 Å². The third-order valence-electron chi connectivity index (χ3n) is 4.08. The zero-order valence-electron chi connectivity index (χ0n) is 11.1. The first-order chi connectivity index (χ1) is 9.52. The second-order valence-electron chi connectivity index (χ2n) is 5.26. The summed E-state index contributed by atoms with van der Waals surface area (Å²) in [6.07, 6.45) is 0. The van der Waals surface area contributed by atoms with Crippen LogP contribution in [0, 0.1) is 11.8 Å². The number of hydrogen-bond donors (Lipinski definition) is 2. The first-order valence-electron chi connectivity index (χ1n) is 6.54. The summed E-state index contributed by atoms with van der Waals surface area (Å²) < 4.78 is 0. The maximum Gasteiger partial charge on any atom is 0.270 e. The molecule has 2 aliphatic rings. The Kier molecular flexibility index (Phi) is 2.83. The number of nitrogens with zero attached hydrogens (tertiary/aromatic N) is 1. The molecule has 0 bridgehead atoms. The molecular weight excluding hydrogens is 258 g/mol. The van der Waals surface area contributed by atoms with Gasteiger partial charge in [0.05, 0.1) is 11.1 Å². The van der Waals surface area contributed by atoms with Crippen LogP contribution in [0.4, 0.5) is 5.69 Å². The number of nitrogen functional groups attached to an aromatic ring is 1. The van der Waals surface area contributed by atoms with Crippen molar-refractivity contribution in [1.82, 2.24) is 10.2 Å². The Labute approximate surface area is 115 Å². The fourth-order valence-electron chi connectivity index (χ4n) is 2.58. The van der Waals surface area contributed by atoms with Gasteiger partial charge in [0.15, 0.2) is 0 Å². The SMILES string of the molecule is CC(C(=O)N1C(=O)c2cccc(N)c2C1=O)C1CNC1. The molecule has 3 rings (SSSR count). The normalized spacial score (nSPS) is 19.8. The number of nitrogens with one attached hydrogen (secondary N) is 1.